The van der Waals surface area contributed by atoms with E-state index in [1.165, 1.54) is 0 Å². The normalized spacial score (nSPS) is 15.3. The molecule has 8 heteroatoms. The van der Waals surface area contributed by atoms with Crippen LogP contribution < -0.4 is 10.1 Å². The SMILES string of the molecule is CCOC(=O)C1CCN(C(=NC)NCc2cccnc2OC)CC1.I. The van der Waals surface area contributed by atoms with E-state index in [-0.39, 0.29) is 35.9 Å². The number of aliphatic imine (C=N–C) groups is 1. The summed E-state index contributed by atoms with van der Waals surface area (Å²) in [7, 11) is 3.38. The molecule has 0 bridgehead atoms. The fourth-order valence-electron chi connectivity index (χ4n) is 2.84. The molecule has 1 aliphatic heterocycles. The second-order valence-electron chi connectivity index (χ2n) is 5.59. The van der Waals surface area contributed by atoms with Gasteiger partial charge < -0.3 is 19.7 Å². The number of rotatable bonds is 5. The Morgan fingerprint density at radius 3 is 2.76 bits per heavy atom. The number of esters is 1. The highest BCUT2D eigenvalue weighted by atomic mass is 127. The summed E-state index contributed by atoms with van der Waals surface area (Å²) in [6, 6.07) is 3.85. The van der Waals surface area contributed by atoms with Crippen molar-refractivity contribution in [3.63, 3.8) is 0 Å². The number of ether oxygens (including phenoxy) is 2. The molecular weight excluding hydrogens is 435 g/mol. The van der Waals surface area contributed by atoms with Crippen molar-refractivity contribution < 1.29 is 14.3 Å². The third kappa shape index (κ3) is 6.02. The topological polar surface area (TPSA) is 76.0 Å². The van der Waals surface area contributed by atoms with E-state index in [0.717, 1.165) is 37.5 Å². The Labute approximate surface area is 166 Å². The molecule has 1 aromatic rings. The van der Waals surface area contributed by atoms with Crippen LogP contribution in [0, 0.1) is 5.92 Å². The van der Waals surface area contributed by atoms with Crippen molar-refractivity contribution >= 4 is 35.9 Å². The van der Waals surface area contributed by atoms with E-state index in [2.05, 4.69) is 20.2 Å². The fourth-order valence-corrected chi connectivity index (χ4v) is 2.84. The molecule has 1 aromatic heterocycles. The monoisotopic (exact) mass is 462 g/mol. The number of methoxy groups -OCH3 is 1. The number of hydrogen-bond acceptors (Lipinski definition) is 5. The van der Waals surface area contributed by atoms with Crippen LogP contribution >= 0.6 is 24.0 Å². The third-order valence-electron chi connectivity index (χ3n) is 4.11. The second kappa shape index (κ2) is 11.1. The van der Waals surface area contributed by atoms with Crippen LogP contribution in [0.5, 0.6) is 5.88 Å². The number of halogens is 1. The molecule has 1 fully saturated rings. The predicted octanol–water partition coefficient (Wildman–Crippen LogP) is 2.06. The maximum Gasteiger partial charge on any atom is 0.309 e. The van der Waals surface area contributed by atoms with Gasteiger partial charge in [0.2, 0.25) is 5.88 Å². The zero-order valence-corrected chi connectivity index (χ0v) is 17.4. The quantitative estimate of drug-likeness (QED) is 0.313. The number of carbonyl (C=O) groups is 1. The van der Waals surface area contributed by atoms with Gasteiger partial charge in [0.15, 0.2) is 5.96 Å². The summed E-state index contributed by atoms with van der Waals surface area (Å²) in [5.74, 6) is 1.35. The first-order valence-corrected chi connectivity index (χ1v) is 8.29. The Hall–Kier alpha value is -1.58. The van der Waals surface area contributed by atoms with Crippen molar-refractivity contribution in [1.82, 2.24) is 15.2 Å². The van der Waals surface area contributed by atoms with E-state index >= 15 is 0 Å². The zero-order chi connectivity index (χ0) is 17.4. The molecule has 0 aromatic carbocycles. The molecule has 0 atom stereocenters. The van der Waals surface area contributed by atoms with Crippen molar-refractivity contribution in [3.8, 4) is 5.88 Å². The first-order chi connectivity index (χ1) is 11.7. The van der Waals surface area contributed by atoms with Crippen LogP contribution in [0.4, 0.5) is 0 Å². The van der Waals surface area contributed by atoms with Crippen molar-refractivity contribution in [3.05, 3.63) is 23.9 Å². The molecule has 1 saturated heterocycles. The summed E-state index contributed by atoms with van der Waals surface area (Å²) in [5.41, 5.74) is 0.975. The first-order valence-electron chi connectivity index (χ1n) is 8.29. The van der Waals surface area contributed by atoms with E-state index in [4.69, 9.17) is 9.47 Å². The van der Waals surface area contributed by atoms with Gasteiger partial charge in [0.05, 0.1) is 19.6 Å². The summed E-state index contributed by atoms with van der Waals surface area (Å²) in [4.78, 5) is 22.5. The van der Waals surface area contributed by atoms with Crippen LogP contribution in [0.2, 0.25) is 0 Å². The Morgan fingerprint density at radius 1 is 1.44 bits per heavy atom. The molecule has 140 valence electrons. The number of piperidine rings is 1. The zero-order valence-electron chi connectivity index (χ0n) is 15.0. The van der Waals surface area contributed by atoms with Crippen LogP contribution in [0.25, 0.3) is 0 Å². The predicted molar refractivity (Wildman–Crippen MR) is 107 cm³/mol. The molecule has 0 amide bonds. The smallest absolute Gasteiger partial charge is 0.309 e. The summed E-state index contributed by atoms with van der Waals surface area (Å²) in [6.45, 7) is 4.43. The van der Waals surface area contributed by atoms with E-state index in [9.17, 15) is 4.79 Å². The van der Waals surface area contributed by atoms with E-state index < -0.39 is 0 Å². The molecule has 0 radical (unpaired) electrons. The molecule has 1 N–H and O–H groups in total. The van der Waals surface area contributed by atoms with Gasteiger partial charge in [-0.3, -0.25) is 9.79 Å². The number of hydrogen-bond donors (Lipinski definition) is 1. The molecule has 0 saturated carbocycles. The molecule has 0 unspecified atom stereocenters. The van der Waals surface area contributed by atoms with Gasteiger partial charge >= 0.3 is 5.97 Å². The van der Waals surface area contributed by atoms with Gasteiger partial charge in [-0.1, -0.05) is 6.07 Å². The van der Waals surface area contributed by atoms with Crippen LogP contribution in [0.3, 0.4) is 0 Å². The standard InChI is InChI=1S/C17H26N4O3.HI/c1-4-24-16(22)13-7-10-21(11-8-13)17(18-2)20-12-14-6-5-9-19-15(14)23-3;/h5-6,9,13H,4,7-8,10-12H2,1-3H3,(H,18,20);1H. The van der Waals surface area contributed by atoms with Crippen molar-refractivity contribution in [1.29, 1.82) is 0 Å². The summed E-state index contributed by atoms with van der Waals surface area (Å²) < 4.78 is 10.4. The minimum Gasteiger partial charge on any atom is -0.481 e. The number of nitrogens with one attached hydrogen (secondary N) is 1. The number of nitrogens with zero attached hydrogens (tertiary/aromatic N) is 3. The molecule has 2 rings (SSSR count). The molecule has 7 nitrogen and oxygen atoms in total. The summed E-state index contributed by atoms with van der Waals surface area (Å²) in [6.07, 6.45) is 3.28. The average Bonchev–Trinajstić information content (AvgIpc) is 2.63. The second-order valence-corrected chi connectivity index (χ2v) is 5.59. The van der Waals surface area contributed by atoms with Crippen LogP contribution in [0.15, 0.2) is 23.3 Å². The van der Waals surface area contributed by atoms with Gasteiger partial charge in [0, 0.05) is 38.4 Å². The summed E-state index contributed by atoms with van der Waals surface area (Å²) in [5, 5.41) is 3.34. The lowest BCUT2D eigenvalue weighted by atomic mass is 9.97. The van der Waals surface area contributed by atoms with Crippen LogP contribution in [0.1, 0.15) is 25.3 Å². The Balaban J connectivity index is 0.00000312. The van der Waals surface area contributed by atoms with Crippen molar-refractivity contribution in [2.24, 2.45) is 10.9 Å². The third-order valence-corrected chi connectivity index (χ3v) is 4.11. The molecule has 25 heavy (non-hydrogen) atoms. The minimum absolute atomic E-state index is 0. The summed E-state index contributed by atoms with van der Waals surface area (Å²) >= 11 is 0. The number of carbonyl (C=O) groups excluding carboxylic acids is 1. The first kappa shape index (κ1) is 21.5. The minimum atomic E-state index is -0.0832. The van der Waals surface area contributed by atoms with Crippen molar-refractivity contribution in [2.75, 3.05) is 33.9 Å². The number of likely N-dealkylation sites (tertiary alicyclic amines) is 1. The number of aromatic nitrogens is 1. The number of guanidine groups is 1. The largest absolute Gasteiger partial charge is 0.481 e. The average molecular weight is 462 g/mol. The van der Waals surface area contributed by atoms with Gasteiger partial charge in [-0.25, -0.2) is 4.98 Å². The molecule has 0 aliphatic carbocycles. The lowest BCUT2D eigenvalue weighted by molar-refractivity contribution is -0.149. The molecule has 0 spiro atoms. The maximum atomic E-state index is 11.8. The van der Waals surface area contributed by atoms with E-state index in [1.807, 2.05) is 19.1 Å². The van der Waals surface area contributed by atoms with Gasteiger partial charge in [-0.05, 0) is 25.8 Å². The van der Waals surface area contributed by atoms with Crippen molar-refractivity contribution in [2.45, 2.75) is 26.3 Å². The lowest BCUT2D eigenvalue weighted by Crippen LogP contribution is -2.46. The number of pyridine rings is 1. The van der Waals surface area contributed by atoms with E-state index in [1.54, 1.807) is 20.4 Å². The fraction of sp³-hybridized carbons (Fsp3) is 0.588. The van der Waals surface area contributed by atoms with Gasteiger partial charge in [-0.15, -0.1) is 24.0 Å². The van der Waals surface area contributed by atoms with Crippen LogP contribution in [-0.4, -0.2) is 55.7 Å². The van der Waals surface area contributed by atoms with Crippen LogP contribution in [-0.2, 0) is 16.1 Å². The van der Waals surface area contributed by atoms with Gasteiger partial charge in [0.1, 0.15) is 0 Å². The van der Waals surface area contributed by atoms with Gasteiger partial charge in [-0.2, -0.15) is 0 Å². The Morgan fingerprint density at radius 2 is 2.16 bits per heavy atom. The molecule has 1 aliphatic rings. The highest BCUT2D eigenvalue weighted by molar-refractivity contribution is 14.0. The highest BCUT2D eigenvalue weighted by Crippen LogP contribution is 2.19. The highest BCUT2D eigenvalue weighted by Gasteiger charge is 2.27. The molecule has 2 heterocycles. The maximum absolute atomic E-state index is 11.8. The lowest BCUT2D eigenvalue weighted by Gasteiger charge is -2.33. The van der Waals surface area contributed by atoms with E-state index in [0.29, 0.717) is 19.0 Å². The van der Waals surface area contributed by atoms with Gasteiger partial charge in [0.25, 0.3) is 0 Å². The Kier molecular flexibility index (Phi) is 9.54. The molecular formula is C17H27IN4O3. The Bertz CT molecular complexity index is 575.